The van der Waals surface area contributed by atoms with Crippen LogP contribution < -0.4 is 5.56 Å². The van der Waals surface area contributed by atoms with Crippen molar-refractivity contribution in [3.05, 3.63) is 86.7 Å². The maximum absolute atomic E-state index is 13.1. The molecule has 28 heavy (non-hydrogen) atoms. The number of aromatic nitrogens is 2. The van der Waals surface area contributed by atoms with Gasteiger partial charge in [-0.15, -0.1) is 0 Å². The first-order valence-electron chi connectivity index (χ1n) is 7.94. The van der Waals surface area contributed by atoms with Gasteiger partial charge >= 0.3 is 6.18 Å². The highest BCUT2D eigenvalue weighted by Gasteiger charge is 2.34. The zero-order valence-corrected chi connectivity index (χ0v) is 16.5. The van der Waals surface area contributed by atoms with Gasteiger partial charge in [-0.3, -0.25) is 14.2 Å². The van der Waals surface area contributed by atoms with Gasteiger partial charge in [0.1, 0.15) is 0 Å². The number of carbonyl (C=O) groups is 1. The first-order chi connectivity index (χ1) is 13.3. The molecule has 2 aromatic carbocycles. The molecule has 0 aliphatic carbocycles. The van der Waals surface area contributed by atoms with E-state index in [1.807, 2.05) is 0 Å². The van der Waals surface area contributed by atoms with Gasteiger partial charge in [0.2, 0.25) is 0 Å². The second kappa shape index (κ2) is 8.32. The van der Waals surface area contributed by atoms with Gasteiger partial charge in [-0.1, -0.05) is 58.0 Å². The van der Waals surface area contributed by atoms with Gasteiger partial charge in [0.05, 0.1) is 11.4 Å². The smallest absolute Gasteiger partial charge is 0.293 e. The van der Waals surface area contributed by atoms with Crippen LogP contribution in [0, 0.1) is 0 Å². The van der Waals surface area contributed by atoms with E-state index < -0.39 is 17.4 Å². The molecule has 1 heterocycles. The Morgan fingerprint density at radius 2 is 1.71 bits per heavy atom. The van der Waals surface area contributed by atoms with Gasteiger partial charge < -0.3 is 0 Å². The molecule has 144 valence electrons. The number of rotatable bonds is 5. The largest absolute Gasteiger partial charge is 0.433 e. The lowest BCUT2D eigenvalue weighted by Crippen LogP contribution is -2.25. The van der Waals surface area contributed by atoms with Crippen molar-refractivity contribution in [2.45, 2.75) is 11.3 Å². The first-order valence-corrected chi connectivity index (χ1v) is 9.72. The molecule has 1 aromatic heterocycles. The summed E-state index contributed by atoms with van der Waals surface area (Å²) < 4.78 is 41.1. The Morgan fingerprint density at radius 3 is 2.32 bits per heavy atom. The lowest BCUT2D eigenvalue weighted by atomic mass is 10.2. The molecule has 0 amide bonds. The van der Waals surface area contributed by atoms with Crippen molar-refractivity contribution in [1.82, 2.24) is 9.55 Å². The van der Waals surface area contributed by atoms with Crippen molar-refractivity contribution in [3.63, 3.8) is 0 Å². The topological polar surface area (TPSA) is 52.0 Å². The van der Waals surface area contributed by atoms with Gasteiger partial charge in [-0.25, -0.2) is 4.98 Å². The highest BCUT2D eigenvalue weighted by Crippen LogP contribution is 2.29. The highest BCUT2D eigenvalue weighted by molar-refractivity contribution is 9.10. The number of hydrogen-bond donors (Lipinski definition) is 0. The predicted octanol–water partition coefficient (Wildman–Crippen LogP) is 4.99. The summed E-state index contributed by atoms with van der Waals surface area (Å²) in [5.41, 5.74) is -1.38. The van der Waals surface area contributed by atoms with Crippen molar-refractivity contribution >= 4 is 33.5 Å². The van der Waals surface area contributed by atoms with E-state index in [0.717, 1.165) is 20.8 Å². The third-order valence-corrected chi connectivity index (χ3v) is 5.16. The molecule has 0 saturated carbocycles. The molecule has 0 N–H and O–H groups in total. The third-order valence-electron chi connectivity index (χ3n) is 3.69. The van der Waals surface area contributed by atoms with Crippen LogP contribution in [0.15, 0.2) is 75.1 Å². The number of alkyl halides is 3. The fourth-order valence-corrected chi connectivity index (χ4v) is 3.55. The molecule has 0 spiro atoms. The van der Waals surface area contributed by atoms with Crippen LogP contribution in [0.2, 0.25) is 0 Å². The van der Waals surface area contributed by atoms with Crippen LogP contribution >= 0.6 is 27.7 Å². The van der Waals surface area contributed by atoms with Gasteiger partial charge in [0, 0.05) is 16.1 Å². The molecule has 0 saturated heterocycles. The second-order valence-corrected chi connectivity index (χ2v) is 7.51. The molecule has 0 fully saturated rings. The number of Topliss-reactive ketones (excluding diaryl/α,β-unsaturated/α-hetero) is 1. The molecule has 0 aliphatic heterocycles. The van der Waals surface area contributed by atoms with E-state index in [-0.39, 0.29) is 16.7 Å². The van der Waals surface area contributed by atoms with E-state index in [1.165, 1.54) is 0 Å². The van der Waals surface area contributed by atoms with E-state index in [0.29, 0.717) is 17.3 Å². The molecule has 0 bridgehead atoms. The zero-order chi connectivity index (χ0) is 20.3. The summed E-state index contributed by atoms with van der Waals surface area (Å²) >= 11 is 4.05. The van der Waals surface area contributed by atoms with E-state index in [1.54, 1.807) is 54.6 Å². The van der Waals surface area contributed by atoms with Crippen molar-refractivity contribution in [1.29, 1.82) is 0 Å². The quantitative estimate of drug-likeness (QED) is 0.300. The number of carbonyl (C=O) groups excluding carboxylic acids is 1. The predicted molar refractivity (Wildman–Crippen MR) is 104 cm³/mol. The first kappa shape index (κ1) is 20.3. The van der Waals surface area contributed by atoms with Gasteiger partial charge in [-0.05, 0) is 24.3 Å². The summed E-state index contributed by atoms with van der Waals surface area (Å²) in [6, 6.07) is 15.2. The number of nitrogens with zero attached hydrogens (tertiary/aromatic N) is 2. The molecular weight excluding hydrogens is 457 g/mol. The lowest BCUT2D eigenvalue weighted by Gasteiger charge is -2.14. The van der Waals surface area contributed by atoms with E-state index >= 15 is 0 Å². The van der Waals surface area contributed by atoms with Gasteiger partial charge in [-0.2, -0.15) is 13.2 Å². The Kier molecular flexibility index (Phi) is 6.04. The second-order valence-electron chi connectivity index (χ2n) is 5.65. The van der Waals surface area contributed by atoms with E-state index in [2.05, 4.69) is 20.9 Å². The average Bonchev–Trinajstić information content (AvgIpc) is 2.66. The Balaban J connectivity index is 1.97. The maximum Gasteiger partial charge on any atom is 0.433 e. The number of para-hydroxylation sites is 1. The van der Waals surface area contributed by atoms with Crippen molar-refractivity contribution < 1.29 is 18.0 Å². The molecule has 3 rings (SSSR count). The van der Waals surface area contributed by atoms with Crippen LogP contribution in [0.3, 0.4) is 0 Å². The van der Waals surface area contributed by atoms with Gasteiger partial charge in [0.15, 0.2) is 16.6 Å². The summed E-state index contributed by atoms with van der Waals surface area (Å²) in [5, 5.41) is -0.198. The molecular formula is C19H12BrF3N2O2S. The Hall–Kier alpha value is -2.39. The minimum absolute atomic E-state index is 0.164. The monoisotopic (exact) mass is 468 g/mol. The molecule has 9 heteroatoms. The molecule has 0 radical (unpaired) electrons. The Bertz CT molecular complexity index is 1050. The number of ketones is 1. The van der Waals surface area contributed by atoms with Crippen LogP contribution in [0.1, 0.15) is 16.1 Å². The molecule has 3 aromatic rings. The van der Waals surface area contributed by atoms with Crippen molar-refractivity contribution in [2.24, 2.45) is 0 Å². The third kappa shape index (κ3) is 4.71. The number of halogens is 4. The molecule has 0 atom stereocenters. The summed E-state index contributed by atoms with van der Waals surface area (Å²) in [7, 11) is 0. The van der Waals surface area contributed by atoms with Crippen LogP contribution in [-0.2, 0) is 6.18 Å². The van der Waals surface area contributed by atoms with Crippen LogP contribution in [-0.4, -0.2) is 21.1 Å². The zero-order valence-electron chi connectivity index (χ0n) is 14.1. The SMILES string of the molecule is O=C(CSc1nc(C(F)(F)F)cc(=O)n1-c1ccccc1)c1ccc(Br)cc1. The summed E-state index contributed by atoms with van der Waals surface area (Å²) in [6.45, 7) is 0. The van der Waals surface area contributed by atoms with Gasteiger partial charge in [0.25, 0.3) is 5.56 Å². The Morgan fingerprint density at radius 1 is 1.07 bits per heavy atom. The summed E-state index contributed by atoms with van der Waals surface area (Å²) in [4.78, 5) is 28.4. The number of benzene rings is 2. The fourth-order valence-electron chi connectivity index (χ4n) is 2.37. The van der Waals surface area contributed by atoms with E-state index in [9.17, 15) is 22.8 Å². The van der Waals surface area contributed by atoms with Crippen molar-refractivity contribution in [3.8, 4) is 5.69 Å². The summed E-state index contributed by atoms with van der Waals surface area (Å²) in [6.07, 6.45) is -4.76. The lowest BCUT2D eigenvalue weighted by molar-refractivity contribution is -0.141. The van der Waals surface area contributed by atoms with Crippen LogP contribution in [0.5, 0.6) is 0 Å². The van der Waals surface area contributed by atoms with E-state index in [4.69, 9.17) is 0 Å². The number of hydrogen-bond acceptors (Lipinski definition) is 4. The Labute approximate surface area is 170 Å². The molecule has 0 unspecified atom stereocenters. The summed E-state index contributed by atoms with van der Waals surface area (Å²) in [5.74, 6) is -0.453. The van der Waals surface area contributed by atoms with Crippen LogP contribution in [0.25, 0.3) is 5.69 Å². The molecule has 0 aliphatic rings. The minimum atomic E-state index is -4.76. The fraction of sp³-hybridized carbons (Fsp3) is 0.105. The number of thioether (sulfide) groups is 1. The maximum atomic E-state index is 13.1. The molecule has 4 nitrogen and oxygen atoms in total. The van der Waals surface area contributed by atoms with Crippen LogP contribution in [0.4, 0.5) is 13.2 Å². The normalized spacial score (nSPS) is 11.4. The van der Waals surface area contributed by atoms with Crippen molar-refractivity contribution in [2.75, 3.05) is 5.75 Å². The average molecular weight is 469 g/mol. The minimum Gasteiger partial charge on any atom is -0.293 e. The standard InChI is InChI=1S/C19H12BrF3N2O2S/c20-13-8-6-12(7-9-13)15(26)11-28-18-24-16(19(21,22)23)10-17(27)25(18)14-4-2-1-3-5-14/h1-10H,11H2. The highest BCUT2D eigenvalue weighted by atomic mass is 79.9.